The van der Waals surface area contributed by atoms with E-state index in [9.17, 15) is 4.79 Å². The highest BCUT2D eigenvalue weighted by molar-refractivity contribution is 9.10. The summed E-state index contributed by atoms with van der Waals surface area (Å²) in [5.41, 5.74) is 0. The number of hydrogen-bond acceptors (Lipinski definition) is 3. The van der Waals surface area contributed by atoms with Gasteiger partial charge in [-0.1, -0.05) is 0 Å². The molecule has 94 valence electrons. The van der Waals surface area contributed by atoms with Gasteiger partial charge in [0.15, 0.2) is 0 Å². The highest BCUT2D eigenvalue weighted by Gasteiger charge is 2.20. The van der Waals surface area contributed by atoms with Gasteiger partial charge in [0.1, 0.15) is 0 Å². The average molecular weight is 319 g/mol. The maximum absolute atomic E-state index is 11.9. The third-order valence-electron chi connectivity index (χ3n) is 2.56. The average Bonchev–Trinajstić information content (AvgIpc) is 2.72. The fourth-order valence-corrected chi connectivity index (χ4v) is 3.11. The van der Waals surface area contributed by atoms with Gasteiger partial charge in [-0.2, -0.15) is 0 Å². The van der Waals surface area contributed by atoms with Crippen LogP contribution in [-0.2, 0) is 11.3 Å². The Morgan fingerprint density at radius 1 is 1.76 bits per heavy atom. The number of morpholine rings is 1. The van der Waals surface area contributed by atoms with E-state index < -0.39 is 0 Å². The molecule has 1 unspecified atom stereocenters. The van der Waals surface area contributed by atoms with Crippen molar-refractivity contribution in [3.8, 4) is 0 Å². The minimum Gasteiger partial charge on any atom is -0.375 e. The maximum atomic E-state index is 11.9. The van der Waals surface area contributed by atoms with E-state index in [2.05, 4.69) is 21.2 Å². The molecule has 2 rings (SSSR count). The largest absolute Gasteiger partial charge is 0.375 e. The van der Waals surface area contributed by atoms with E-state index in [1.807, 2.05) is 18.4 Å². The summed E-state index contributed by atoms with van der Waals surface area (Å²) < 4.78 is 6.46. The molecule has 2 amide bonds. The number of thiophene rings is 1. The second kappa shape index (κ2) is 5.84. The highest BCUT2D eigenvalue weighted by Crippen LogP contribution is 2.19. The van der Waals surface area contributed by atoms with E-state index in [4.69, 9.17) is 4.74 Å². The molecule has 6 heteroatoms. The molecule has 1 aliphatic rings. The van der Waals surface area contributed by atoms with Crippen molar-refractivity contribution < 1.29 is 9.53 Å². The van der Waals surface area contributed by atoms with E-state index in [1.165, 1.54) is 0 Å². The number of amides is 2. The van der Waals surface area contributed by atoms with Gasteiger partial charge >= 0.3 is 6.03 Å². The van der Waals surface area contributed by atoms with Crippen molar-refractivity contribution in [2.24, 2.45) is 0 Å². The highest BCUT2D eigenvalue weighted by atomic mass is 79.9. The molecule has 17 heavy (non-hydrogen) atoms. The van der Waals surface area contributed by atoms with Crippen LogP contribution in [0.3, 0.4) is 0 Å². The van der Waals surface area contributed by atoms with Crippen LogP contribution in [0.15, 0.2) is 15.9 Å². The van der Waals surface area contributed by atoms with Gasteiger partial charge in [0.05, 0.1) is 19.3 Å². The number of carbonyl (C=O) groups excluding carboxylic acids is 1. The first-order valence-corrected chi connectivity index (χ1v) is 7.19. The van der Waals surface area contributed by atoms with Crippen LogP contribution in [0, 0.1) is 0 Å². The van der Waals surface area contributed by atoms with Crippen LogP contribution in [0.4, 0.5) is 4.79 Å². The fraction of sp³-hybridized carbons (Fsp3) is 0.545. The van der Waals surface area contributed by atoms with Crippen molar-refractivity contribution in [1.82, 2.24) is 10.2 Å². The molecule has 0 aliphatic carbocycles. The molecule has 0 aromatic carbocycles. The Balaban J connectivity index is 1.80. The normalized spacial score (nSPS) is 20.4. The second-order valence-corrected chi connectivity index (χ2v) is 5.93. The Morgan fingerprint density at radius 3 is 3.24 bits per heavy atom. The fourth-order valence-electron chi connectivity index (χ4n) is 1.72. The van der Waals surface area contributed by atoms with Crippen molar-refractivity contribution in [3.05, 3.63) is 20.8 Å². The first-order valence-electron chi connectivity index (χ1n) is 5.52. The van der Waals surface area contributed by atoms with Crippen LogP contribution < -0.4 is 5.32 Å². The van der Waals surface area contributed by atoms with Crippen LogP contribution in [0.1, 0.15) is 11.8 Å². The van der Waals surface area contributed by atoms with Crippen LogP contribution in [-0.4, -0.2) is 36.7 Å². The number of rotatable bonds is 2. The monoisotopic (exact) mass is 318 g/mol. The molecular formula is C11H15BrN2O2S. The number of carbonyl (C=O) groups is 1. The SMILES string of the molecule is CC1CN(C(=O)NCc2cc(Br)cs2)CCO1. The molecule has 1 aromatic rings. The van der Waals surface area contributed by atoms with Gasteiger partial charge in [-0.3, -0.25) is 0 Å². The van der Waals surface area contributed by atoms with Gasteiger partial charge in [-0.25, -0.2) is 4.79 Å². The summed E-state index contributed by atoms with van der Waals surface area (Å²) >= 11 is 5.03. The van der Waals surface area contributed by atoms with Gasteiger partial charge in [0.25, 0.3) is 0 Å². The summed E-state index contributed by atoms with van der Waals surface area (Å²) in [6.07, 6.45) is 0.130. The number of nitrogens with one attached hydrogen (secondary N) is 1. The molecule has 0 bridgehead atoms. The van der Waals surface area contributed by atoms with E-state index in [1.54, 1.807) is 16.2 Å². The van der Waals surface area contributed by atoms with Crippen molar-refractivity contribution in [2.45, 2.75) is 19.6 Å². The van der Waals surface area contributed by atoms with Gasteiger partial charge in [-0.05, 0) is 28.9 Å². The molecule has 0 spiro atoms. The predicted octanol–water partition coefficient (Wildman–Crippen LogP) is 2.44. The molecule has 0 radical (unpaired) electrons. The van der Waals surface area contributed by atoms with E-state index in [-0.39, 0.29) is 12.1 Å². The Kier molecular flexibility index (Phi) is 4.42. The molecule has 1 aromatic heterocycles. The van der Waals surface area contributed by atoms with Gasteiger partial charge in [-0.15, -0.1) is 11.3 Å². The quantitative estimate of drug-likeness (QED) is 0.910. The molecule has 0 saturated carbocycles. The molecule has 1 saturated heterocycles. The first kappa shape index (κ1) is 12.9. The third kappa shape index (κ3) is 3.69. The zero-order valence-corrected chi connectivity index (χ0v) is 12.0. The van der Waals surface area contributed by atoms with Crippen LogP contribution in [0.25, 0.3) is 0 Å². The Morgan fingerprint density at radius 2 is 2.59 bits per heavy atom. The zero-order valence-electron chi connectivity index (χ0n) is 9.61. The Hall–Kier alpha value is -0.590. The molecule has 2 heterocycles. The number of urea groups is 1. The summed E-state index contributed by atoms with van der Waals surface area (Å²) in [7, 11) is 0. The molecular weight excluding hydrogens is 304 g/mol. The van der Waals surface area contributed by atoms with Crippen molar-refractivity contribution in [2.75, 3.05) is 19.7 Å². The van der Waals surface area contributed by atoms with Crippen molar-refractivity contribution >= 4 is 33.3 Å². The summed E-state index contributed by atoms with van der Waals surface area (Å²) in [6.45, 7) is 4.53. The minimum absolute atomic E-state index is 0.00956. The standard InChI is InChI=1S/C11H15BrN2O2S/c1-8-6-14(2-3-16-8)11(15)13-5-10-4-9(12)7-17-10/h4,7-8H,2-3,5-6H2,1H3,(H,13,15). The topological polar surface area (TPSA) is 41.6 Å². The van der Waals surface area contributed by atoms with Crippen LogP contribution in [0.2, 0.25) is 0 Å². The number of nitrogens with zero attached hydrogens (tertiary/aromatic N) is 1. The van der Waals surface area contributed by atoms with E-state index in [0.29, 0.717) is 26.2 Å². The minimum atomic E-state index is -0.00956. The van der Waals surface area contributed by atoms with Crippen molar-refractivity contribution in [3.63, 3.8) is 0 Å². The Labute approximate surface area is 113 Å². The third-order valence-corrected chi connectivity index (χ3v) is 4.26. The molecule has 4 nitrogen and oxygen atoms in total. The maximum Gasteiger partial charge on any atom is 0.317 e. The summed E-state index contributed by atoms with van der Waals surface area (Å²) in [6, 6.07) is 2.01. The van der Waals surface area contributed by atoms with Gasteiger partial charge in [0.2, 0.25) is 0 Å². The number of halogens is 1. The summed E-state index contributed by atoms with van der Waals surface area (Å²) in [5, 5.41) is 4.94. The van der Waals surface area contributed by atoms with Gasteiger partial charge in [0, 0.05) is 27.8 Å². The molecule has 1 N–H and O–H groups in total. The van der Waals surface area contributed by atoms with E-state index >= 15 is 0 Å². The van der Waals surface area contributed by atoms with E-state index in [0.717, 1.165) is 9.35 Å². The van der Waals surface area contributed by atoms with Crippen LogP contribution in [0.5, 0.6) is 0 Å². The smallest absolute Gasteiger partial charge is 0.317 e. The first-order chi connectivity index (χ1) is 8.15. The number of ether oxygens (including phenoxy) is 1. The van der Waals surface area contributed by atoms with Gasteiger partial charge < -0.3 is 15.0 Å². The van der Waals surface area contributed by atoms with Crippen LogP contribution >= 0.6 is 27.3 Å². The van der Waals surface area contributed by atoms with Crippen molar-refractivity contribution in [1.29, 1.82) is 0 Å². The molecule has 1 atom stereocenters. The molecule has 1 fully saturated rings. The zero-order chi connectivity index (χ0) is 12.3. The lowest BCUT2D eigenvalue weighted by molar-refractivity contribution is -0.00350. The second-order valence-electron chi connectivity index (χ2n) is 4.02. The number of hydrogen-bond donors (Lipinski definition) is 1. The lowest BCUT2D eigenvalue weighted by Gasteiger charge is -2.31. The lowest BCUT2D eigenvalue weighted by atomic mass is 10.3. The lowest BCUT2D eigenvalue weighted by Crippen LogP contribution is -2.48. The summed E-state index contributed by atoms with van der Waals surface area (Å²) in [4.78, 5) is 14.8. The molecule has 1 aliphatic heterocycles. The predicted molar refractivity (Wildman–Crippen MR) is 71.2 cm³/mol. The summed E-state index contributed by atoms with van der Waals surface area (Å²) in [5.74, 6) is 0. The Bertz CT molecular complexity index is 397.